The molecule has 0 amide bonds. The third kappa shape index (κ3) is 2.91. The molecule has 1 aliphatic heterocycles. The molecule has 0 radical (unpaired) electrons. The van der Waals surface area contributed by atoms with Gasteiger partial charge in [0.05, 0.1) is 11.5 Å². The smallest absolute Gasteiger partial charge is 0.237 e. The van der Waals surface area contributed by atoms with Crippen molar-refractivity contribution in [2.45, 2.75) is 38.1 Å². The normalized spacial score (nSPS) is 19.9. The second-order valence-electron chi connectivity index (χ2n) is 6.31. The maximum Gasteiger partial charge on any atom is 0.237 e. The highest BCUT2D eigenvalue weighted by molar-refractivity contribution is 5.31. The molecule has 2 aromatic rings. The highest BCUT2D eigenvalue weighted by atomic mass is 16.5. The van der Waals surface area contributed by atoms with Crippen molar-refractivity contribution in [3.05, 3.63) is 47.6 Å². The van der Waals surface area contributed by atoms with E-state index in [1.807, 2.05) is 6.07 Å². The first kappa shape index (κ1) is 16.1. The Morgan fingerprint density at radius 2 is 2.00 bits per heavy atom. The molecule has 1 aliphatic rings. The molecule has 0 saturated carbocycles. The maximum atomic E-state index is 5.75. The molecule has 5 nitrogen and oxygen atoms in total. The molecular weight excluding hydrogens is 288 g/mol. The zero-order chi connectivity index (χ0) is 16.3. The lowest BCUT2D eigenvalue weighted by atomic mass is 9.75. The Hall–Kier alpha value is -1.72. The molecule has 0 aliphatic carbocycles. The summed E-state index contributed by atoms with van der Waals surface area (Å²) in [6.45, 7) is 7.25. The zero-order valence-electron chi connectivity index (χ0n) is 14.2. The van der Waals surface area contributed by atoms with E-state index in [2.05, 4.69) is 60.5 Å². The monoisotopic (exact) mass is 314 g/mol. The van der Waals surface area contributed by atoms with Crippen LogP contribution < -0.4 is 5.32 Å². The number of benzene rings is 1. The summed E-state index contributed by atoms with van der Waals surface area (Å²) >= 11 is 0. The molecule has 1 fully saturated rings. The Bertz CT molecular complexity index is 621. The van der Waals surface area contributed by atoms with E-state index in [1.54, 1.807) is 0 Å². The predicted molar refractivity (Wildman–Crippen MR) is 90.3 cm³/mol. The molecule has 1 aromatic carbocycles. The number of hydrogen-bond acceptors (Lipinski definition) is 5. The Morgan fingerprint density at radius 1 is 1.26 bits per heavy atom. The molecule has 0 spiro atoms. The van der Waals surface area contributed by atoms with Crippen LogP contribution in [0.1, 0.15) is 50.0 Å². The van der Waals surface area contributed by atoms with Crippen LogP contribution in [0.25, 0.3) is 0 Å². The number of rotatable bonds is 5. The van der Waals surface area contributed by atoms with E-state index in [0.717, 1.165) is 44.2 Å². The summed E-state index contributed by atoms with van der Waals surface area (Å²) in [4.78, 5) is 7.10. The minimum atomic E-state index is -0.201. The van der Waals surface area contributed by atoms with Gasteiger partial charge in [0.15, 0.2) is 5.82 Å². The summed E-state index contributed by atoms with van der Waals surface area (Å²) in [7, 11) is 2.12. The van der Waals surface area contributed by atoms with Crippen LogP contribution in [0.2, 0.25) is 0 Å². The quantitative estimate of drug-likeness (QED) is 0.919. The average Bonchev–Trinajstić information content (AvgIpc) is 3.08. The van der Waals surface area contributed by atoms with E-state index in [1.165, 1.54) is 5.56 Å². The molecule has 1 N–H and O–H groups in total. The highest BCUT2D eigenvalue weighted by Gasteiger charge is 2.37. The van der Waals surface area contributed by atoms with Crippen molar-refractivity contribution >= 4 is 0 Å². The van der Waals surface area contributed by atoms with E-state index in [4.69, 9.17) is 9.51 Å². The van der Waals surface area contributed by atoms with Crippen LogP contribution in [0.4, 0.5) is 0 Å². The van der Waals surface area contributed by atoms with Crippen LogP contribution >= 0.6 is 0 Å². The summed E-state index contributed by atoms with van der Waals surface area (Å²) in [6, 6.07) is 10.7. The minimum absolute atomic E-state index is 0.184. The molecular formula is C18H26N4O. The topological polar surface area (TPSA) is 54.2 Å². The first-order valence-electron chi connectivity index (χ1n) is 8.52. The van der Waals surface area contributed by atoms with Crippen molar-refractivity contribution in [2.75, 3.05) is 26.7 Å². The number of nitrogens with zero attached hydrogens (tertiary/aromatic N) is 3. The summed E-state index contributed by atoms with van der Waals surface area (Å²) in [6.07, 6.45) is 1.88. The number of likely N-dealkylation sites (N-methyl/N-ethyl adjacent to an activating group) is 1. The number of aromatic nitrogens is 2. The Balaban J connectivity index is 1.96. The number of hydrogen-bond donors (Lipinski definition) is 1. The predicted octanol–water partition coefficient (Wildman–Crippen LogP) is 2.75. The molecule has 1 saturated heterocycles. The minimum Gasteiger partial charge on any atom is -0.338 e. The van der Waals surface area contributed by atoms with Gasteiger partial charge in [-0.3, -0.25) is 4.90 Å². The van der Waals surface area contributed by atoms with Crippen molar-refractivity contribution < 1.29 is 4.52 Å². The Morgan fingerprint density at radius 3 is 2.65 bits per heavy atom. The zero-order valence-corrected chi connectivity index (χ0v) is 14.2. The van der Waals surface area contributed by atoms with Crippen molar-refractivity contribution in [2.24, 2.45) is 0 Å². The van der Waals surface area contributed by atoms with Gasteiger partial charge in [0.2, 0.25) is 5.89 Å². The van der Waals surface area contributed by atoms with Gasteiger partial charge in [0.1, 0.15) is 0 Å². The van der Waals surface area contributed by atoms with Crippen LogP contribution in [-0.2, 0) is 5.41 Å². The summed E-state index contributed by atoms with van der Waals surface area (Å²) in [5.74, 6) is 1.53. The van der Waals surface area contributed by atoms with Gasteiger partial charge in [-0.25, -0.2) is 0 Å². The molecule has 2 heterocycles. The van der Waals surface area contributed by atoms with Crippen molar-refractivity contribution in [1.82, 2.24) is 20.4 Å². The van der Waals surface area contributed by atoms with Crippen LogP contribution in [-0.4, -0.2) is 41.7 Å². The second kappa shape index (κ2) is 6.81. The van der Waals surface area contributed by atoms with E-state index in [9.17, 15) is 0 Å². The summed E-state index contributed by atoms with van der Waals surface area (Å²) in [5.41, 5.74) is 1.04. The van der Waals surface area contributed by atoms with E-state index in [-0.39, 0.29) is 11.5 Å². The lowest BCUT2D eigenvalue weighted by molar-refractivity contribution is 0.190. The molecule has 1 unspecified atom stereocenters. The Kier molecular flexibility index (Phi) is 4.78. The molecule has 23 heavy (non-hydrogen) atoms. The van der Waals surface area contributed by atoms with Crippen LogP contribution in [0.15, 0.2) is 34.9 Å². The average molecular weight is 314 g/mol. The van der Waals surface area contributed by atoms with Crippen LogP contribution in [0.3, 0.4) is 0 Å². The Labute approximate surface area is 138 Å². The van der Waals surface area contributed by atoms with Gasteiger partial charge in [-0.2, -0.15) is 4.98 Å². The van der Waals surface area contributed by atoms with E-state index < -0.39 is 0 Å². The van der Waals surface area contributed by atoms with Gasteiger partial charge < -0.3 is 9.84 Å². The van der Waals surface area contributed by atoms with Crippen LogP contribution in [0, 0.1) is 0 Å². The van der Waals surface area contributed by atoms with Crippen LogP contribution in [0.5, 0.6) is 0 Å². The molecule has 3 rings (SSSR count). The SMILES string of the molecule is CCC(CC)(c1ccccc1)c1nc(C2CNCCN2C)no1. The third-order valence-corrected chi connectivity index (χ3v) is 5.19. The highest BCUT2D eigenvalue weighted by Crippen LogP contribution is 2.38. The second-order valence-corrected chi connectivity index (χ2v) is 6.31. The lowest BCUT2D eigenvalue weighted by Gasteiger charge is -2.31. The number of nitrogens with one attached hydrogen (secondary N) is 1. The molecule has 0 bridgehead atoms. The molecule has 1 atom stereocenters. The molecule has 5 heteroatoms. The fraction of sp³-hybridized carbons (Fsp3) is 0.556. The number of piperazine rings is 1. The van der Waals surface area contributed by atoms with Gasteiger partial charge >= 0.3 is 0 Å². The van der Waals surface area contributed by atoms with Gasteiger partial charge in [-0.1, -0.05) is 49.3 Å². The standard InChI is InChI=1S/C18H26N4O/c1-4-18(5-2,14-9-7-6-8-10-14)17-20-16(21-23-17)15-13-19-11-12-22(15)3/h6-10,15,19H,4-5,11-13H2,1-3H3. The lowest BCUT2D eigenvalue weighted by Crippen LogP contribution is -2.44. The van der Waals surface area contributed by atoms with Gasteiger partial charge in [-0.15, -0.1) is 0 Å². The fourth-order valence-electron chi connectivity index (χ4n) is 3.50. The van der Waals surface area contributed by atoms with E-state index >= 15 is 0 Å². The summed E-state index contributed by atoms with van der Waals surface area (Å²) in [5, 5.41) is 7.72. The van der Waals surface area contributed by atoms with Gasteiger partial charge in [0.25, 0.3) is 0 Å². The third-order valence-electron chi connectivity index (χ3n) is 5.19. The summed E-state index contributed by atoms with van der Waals surface area (Å²) < 4.78 is 5.75. The van der Waals surface area contributed by atoms with Crippen molar-refractivity contribution in [1.29, 1.82) is 0 Å². The van der Waals surface area contributed by atoms with Crippen molar-refractivity contribution in [3.8, 4) is 0 Å². The van der Waals surface area contributed by atoms with Gasteiger partial charge in [-0.05, 0) is 25.5 Å². The first-order valence-corrected chi connectivity index (χ1v) is 8.52. The van der Waals surface area contributed by atoms with Crippen molar-refractivity contribution in [3.63, 3.8) is 0 Å². The molecule has 1 aromatic heterocycles. The first-order chi connectivity index (χ1) is 11.2. The molecule has 124 valence electrons. The fourth-order valence-corrected chi connectivity index (χ4v) is 3.50. The van der Waals surface area contributed by atoms with Gasteiger partial charge in [0, 0.05) is 19.6 Å². The van der Waals surface area contributed by atoms with E-state index in [0.29, 0.717) is 0 Å². The largest absolute Gasteiger partial charge is 0.338 e. The maximum absolute atomic E-state index is 5.75.